The lowest BCUT2D eigenvalue weighted by molar-refractivity contribution is 1.18. The van der Waals surface area contributed by atoms with Crippen LogP contribution in [0.15, 0.2) is 194 Å². The maximum Gasteiger partial charge on any atom is 0.0618 e. The molecule has 52 heavy (non-hydrogen) atoms. The molecule has 0 aliphatic heterocycles. The van der Waals surface area contributed by atoms with E-state index in [9.17, 15) is 0 Å². The highest BCUT2D eigenvalue weighted by molar-refractivity contribution is 6.16. The zero-order chi connectivity index (χ0) is 34.2. The van der Waals surface area contributed by atoms with Crippen molar-refractivity contribution < 1.29 is 0 Å². The molecule has 0 N–H and O–H groups in total. The van der Waals surface area contributed by atoms with E-state index in [4.69, 9.17) is 0 Å². The van der Waals surface area contributed by atoms with E-state index in [-0.39, 0.29) is 0 Å². The highest BCUT2D eigenvalue weighted by Gasteiger charge is 2.19. The first kappa shape index (κ1) is 28.9. The third-order valence-corrected chi connectivity index (χ3v) is 10.9. The van der Waals surface area contributed by atoms with E-state index in [1.54, 1.807) is 0 Å². The lowest BCUT2D eigenvalue weighted by Crippen LogP contribution is -1.97. The van der Waals surface area contributed by atoms with E-state index in [1.165, 1.54) is 98.8 Å². The molecule has 0 saturated carbocycles. The van der Waals surface area contributed by atoms with Crippen LogP contribution in [0.4, 0.5) is 0 Å². The largest absolute Gasteiger partial charge is 0.309 e. The second kappa shape index (κ2) is 11.3. The Morgan fingerprint density at radius 3 is 1.54 bits per heavy atom. The van der Waals surface area contributed by atoms with E-state index < -0.39 is 0 Å². The molecule has 11 aromatic rings. The van der Waals surface area contributed by atoms with Crippen molar-refractivity contribution in [2.24, 2.45) is 0 Å². The van der Waals surface area contributed by atoms with Crippen LogP contribution in [0.1, 0.15) is 0 Å². The highest BCUT2D eigenvalue weighted by atomic mass is 15.0. The van der Waals surface area contributed by atoms with E-state index in [1.807, 2.05) is 0 Å². The average molecular weight is 661 g/mol. The molecular weight excluding hydrogens is 629 g/mol. The van der Waals surface area contributed by atoms with Gasteiger partial charge < -0.3 is 9.13 Å². The van der Waals surface area contributed by atoms with Crippen LogP contribution in [0.25, 0.3) is 98.8 Å². The first-order valence-electron chi connectivity index (χ1n) is 17.9. The topological polar surface area (TPSA) is 9.86 Å². The smallest absolute Gasteiger partial charge is 0.0618 e. The van der Waals surface area contributed by atoms with E-state index in [0.717, 1.165) is 0 Å². The summed E-state index contributed by atoms with van der Waals surface area (Å²) < 4.78 is 4.94. The van der Waals surface area contributed by atoms with E-state index in [0.29, 0.717) is 0 Å². The van der Waals surface area contributed by atoms with Crippen molar-refractivity contribution in [3.8, 4) is 33.6 Å². The summed E-state index contributed by atoms with van der Waals surface area (Å²) in [6, 6.07) is 71.0. The van der Waals surface area contributed by atoms with Gasteiger partial charge in [0.15, 0.2) is 0 Å². The Hall–Kier alpha value is -6.90. The normalized spacial score (nSPS) is 11.8. The molecule has 0 aliphatic rings. The first-order chi connectivity index (χ1) is 25.8. The Morgan fingerprint density at radius 2 is 0.788 bits per heavy atom. The summed E-state index contributed by atoms with van der Waals surface area (Å²) in [6.45, 7) is 0. The zero-order valence-corrected chi connectivity index (χ0v) is 28.4. The Morgan fingerprint density at radius 1 is 0.269 bits per heavy atom. The molecule has 2 heteroatoms. The molecule has 0 bridgehead atoms. The molecule has 2 aromatic heterocycles. The second-order valence-corrected chi connectivity index (χ2v) is 13.7. The fourth-order valence-electron chi connectivity index (χ4n) is 8.56. The van der Waals surface area contributed by atoms with Crippen molar-refractivity contribution in [2.45, 2.75) is 0 Å². The summed E-state index contributed by atoms with van der Waals surface area (Å²) in [6.07, 6.45) is 0. The summed E-state index contributed by atoms with van der Waals surface area (Å²) >= 11 is 0. The summed E-state index contributed by atoms with van der Waals surface area (Å²) in [7, 11) is 0. The van der Waals surface area contributed by atoms with Crippen LogP contribution in [-0.2, 0) is 0 Å². The summed E-state index contributed by atoms with van der Waals surface area (Å²) in [5.74, 6) is 0. The molecule has 0 amide bonds. The van der Waals surface area contributed by atoms with Gasteiger partial charge in [-0.1, -0.05) is 152 Å². The summed E-state index contributed by atoms with van der Waals surface area (Å²) in [5, 5.41) is 10.0. The van der Waals surface area contributed by atoms with Crippen LogP contribution in [0.2, 0.25) is 0 Å². The predicted octanol–water partition coefficient (Wildman–Crippen LogP) is 13.5. The Balaban J connectivity index is 1.16. The van der Waals surface area contributed by atoms with Gasteiger partial charge in [-0.15, -0.1) is 0 Å². The molecule has 0 radical (unpaired) electrons. The van der Waals surface area contributed by atoms with Crippen molar-refractivity contribution in [3.05, 3.63) is 194 Å². The number of fused-ring (bicyclic) bond motifs is 8. The van der Waals surface area contributed by atoms with Crippen molar-refractivity contribution in [1.82, 2.24) is 9.13 Å². The Bertz CT molecular complexity index is 3120. The first-order valence-corrected chi connectivity index (χ1v) is 17.9. The van der Waals surface area contributed by atoms with Crippen molar-refractivity contribution in [3.63, 3.8) is 0 Å². The van der Waals surface area contributed by atoms with Crippen LogP contribution in [0, 0.1) is 0 Å². The zero-order valence-electron chi connectivity index (χ0n) is 28.4. The molecule has 11 rings (SSSR count). The van der Waals surface area contributed by atoms with Gasteiger partial charge >= 0.3 is 0 Å². The van der Waals surface area contributed by atoms with Crippen molar-refractivity contribution in [1.29, 1.82) is 0 Å². The van der Waals surface area contributed by atoms with Gasteiger partial charge in [-0.2, -0.15) is 0 Å². The Labute approximate surface area is 301 Å². The van der Waals surface area contributed by atoms with Gasteiger partial charge in [0.05, 0.1) is 33.4 Å². The second-order valence-electron chi connectivity index (χ2n) is 13.7. The van der Waals surface area contributed by atoms with Crippen LogP contribution < -0.4 is 0 Å². The number of nitrogens with zero attached hydrogens (tertiary/aromatic N) is 2. The van der Waals surface area contributed by atoms with Gasteiger partial charge in [-0.3, -0.25) is 0 Å². The SMILES string of the molecule is c1ccc(-c2ccccc2-n2c3ccccc3c3ccc(-c4ccc5c(c4)c4ccccc4n5-c4c5ccccc5cc5ccccc45)cc32)cc1. The number of aromatic nitrogens is 2. The van der Waals surface area contributed by atoms with Gasteiger partial charge in [0.2, 0.25) is 0 Å². The molecule has 0 atom stereocenters. The summed E-state index contributed by atoms with van der Waals surface area (Å²) in [5.41, 5.74) is 12.1. The minimum atomic E-state index is 1.18. The quantitative estimate of drug-likeness (QED) is 0.166. The molecule has 0 spiro atoms. The molecule has 242 valence electrons. The maximum atomic E-state index is 2.49. The third-order valence-electron chi connectivity index (χ3n) is 10.9. The Kier molecular flexibility index (Phi) is 6.28. The lowest BCUT2D eigenvalue weighted by atomic mass is 10.00. The monoisotopic (exact) mass is 660 g/mol. The van der Waals surface area contributed by atoms with Gasteiger partial charge in [0.1, 0.15) is 0 Å². The minimum absolute atomic E-state index is 1.18. The van der Waals surface area contributed by atoms with Gasteiger partial charge in [-0.05, 0) is 69.9 Å². The van der Waals surface area contributed by atoms with Gasteiger partial charge in [0.25, 0.3) is 0 Å². The molecule has 0 fully saturated rings. The third kappa shape index (κ3) is 4.25. The fraction of sp³-hybridized carbons (Fsp3) is 0. The molecule has 2 nitrogen and oxygen atoms in total. The number of hydrogen-bond donors (Lipinski definition) is 0. The minimum Gasteiger partial charge on any atom is -0.309 e. The van der Waals surface area contributed by atoms with E-state index >= 15 is 0 Å². The van der Waals surface area contributed by atoms with E-state index in [2.05, 4.69) is 203 Å². The molecule has 0 unspecified atom stereocenters. The standard InChI is InChI=1S/C50H32N2/c1-2-14-33(15-3-1)38-18-8-11-23-45(38)51-46-24-12-9-21-41(46)43-28-26-35(32-49(43)51)34-27-29-48-44(31-34)42-22-10-13-25-47(42)52(48)50-39-19-6-4-16-36(39)30-37-17-5-7-20-40(37)50/h1-32H. The van der Waals surface area contributed by atoms with Crippen molar-refractivity contribution >= 4 is 65.2 Å². The highest BCUT2D eigenvalue weighted by Crippen LogP contribution is 2.42. The molecular formula is C50H32N2. The van der Waals surface area contributed by atoms with Crippen LogP contribution in [-0.4, -0.2) is 9.13 Å². The molecule has 9 aromatic carbocycles. The maximum absolute atomic E-state index is 2.49. The number of hydrogen-bond acceptors (Lipinski definition) is 0. The van der Waals surface area contributed by atoms with Crippen molar-refractivity contribution in [2.75, 3.05) is 0 Å². The van der Waals surface area contributed by atoms with Crippen LogP contribution in [0.5, 0.6) is 0 Å². The number of para-hydroxylation sites is 3. The van der Waals surface area contributed by atoms with Gasteiger partial charge in [-0.25, -0.2) is 0 Å². The van der Waals surface area contributed by atoms with Crippen LogP contribution in [0.3, 0.4) is 0 Å². The number of benzene rings is 9. The molecule has 0 aliphatic carbocycles. The predicted molar refractivity (Wildman–Crippen MR) is 221 cm³/mol. The average Bonchev–Trinajstić information content (AvgIpc) is 3.72. The number of rotatable bonds is 4. The molecule has 0 saturated heterocycles. The molecule has 2 heterocycles. The lowest BCUT2D eigenvalue weighted by Gasteiger charge is -2.16. The fourth-order valence-corrected chi connectivity index (χ4v) is 8.56. The van der Waals surface area contributed by atoms with Crippen LogP contribution >= 0.6 is 0 Å². The van der Waals surface area contributed by atoms with Gasteiger partial charge in [0, 0.05) is 37.9 Å². The summed E-state index contributed by atoms with van der Waals surface area (Å²) in [4.78, 5) is 0.